The van der Waals surface area contributed by atoms with Crippen LogP contribution in [-0.2, 0) is 14.3 Å². The lowest BCUT2D eigenvalue weighted by atomic mass is 10.0. The fourth-order valence-corrected chi connectivity index (χ4v) is 10.3. The Labute approximate surface area is 462 Å². The molecule has 3 N–H and O–H groups in total. The Morgan fingerprint density at radius 3 is 1.04 bits per heavy atom. The van der Waals surface area contributed by atoms with Crippen LogP contribution in [0.25, 0.3) is 0 Å². The Bertz CT molecular complexity index is 1200. The molecule has 74 heavy (non-hydrogen) atoms. The zero-order valence-corrected chi connectivity index (χ0v) is 49.8. The van der Waals surface area contributed by atoms with Crippen molar-refractivity contribution in [2.75, 3.05) is 13.2 Å². The molecule has 0 aromatic rings. The van der Waals surface area contributed by atoms with Crippen LogP contribution in [0.2, 0.25) is 0 Å². The highest BCUT2D eigenvalue weighted by Gasteiger charge is 2.20. The molecule has 0 spiro atoms. The summed E-state index contributed by atoms with van der Waals surface area (Å²) in [6, 6.07) is -0.555. The minimum atomic E-state index is -0.677. The second-order valence-corrected chi connectivity index (χ2v) is 22.8. The highest BCUT2D eigenvalue weighted by atomic mass is 16.5. The molecule has 6 heteroatoms. The molecule has 6 nitrogen and oxygen atoms in total. The highest BCUT2D eigenvalue weighted by Crippen LogP contribution is 2.18. The van der Waals surface area contributed by atoms with Crippen LogP contribution in [0.1, 0.15) is 361 Å². The van der Waals surface area contributed by atoms with E-state index in [1.807, 2.05) is 0 Å². The Hall–Kier alpha value is -1.92. The summed E-state index contributed by atoms with van der Waals surface area (Å²) in [4.78, 5) is 24.6. The van der Waals surface area contributed by atoms with Gasteiger partial charge in [0.2, 0.25) is 5.91 Å². The maximum absolute atomic E-state index is 12.5. The molecular weight excluding hydrogens is 911 g/mol. The molecule has 0 aliphatic carbocycles. The van der Waals surface area contributed by atoms with Gasteiger partial charge in [-0.25, -0.2) is 0 Å². The van der Waals surface area contributed by atoms with E-state index in [9.17, 15) is 19.8 Å². The van der Waals surface area contributed by atoms with Gasteiger partial charge in [-0.1, -0.05) is 294 Å². The number of aliphatic hydroxyl groups is 2. The van der Waals surface area contributed by atoms with Crippen LogP contribution in [0.3, 0.4) is 0 Å². The molecule has 0 heterocycles. The van der Waals surface area contributed by atoms with Gasteiger partial charge in [-0.15, -0.1) is 0 Å². The molecule has 0 aromatic carbocycles. The van der Waals surface area contributed by atoms with Gasteiger partial charge < -0.3 is 20.3 Å². The van der Waals surface area contributed by atoms with Gasteiger partial charge in [0.1, 0.15) is 0 Å². The number of hydrogen-bond donors (Lipinski definition) is 3. The monoisotopic (exact) mass is 1040 g/mol. The van der Waals surface area contributed by atoms with Crippen molar-refractivity contribution < 1.29 is 24.5 Å². The zero-order chi connectivity index (χ0) is 53.6. The number of unbranched alkanes of at least 4 members (excludes halogenated alkanes) is 45. The Balaban J connectivity index is 3.47. The first-order chi connectivity index (χ1) is 36.5. The van der Waals surface area contributed by atoms with Crippen molar-refractivity contribution in [1.29, 1.82) is 0 Å². The molecule has 2 atom stereocenters. The largest absolute Gasteiger partial charge is 0.466 e. The Morgan fingerprint density at radius 2 is 0.676 bits per heavy atom. The van der Waals surface area contributed by atoms with Crippen molar-refractivity contribution in [3.05, 3.63) is 36.5 Å². The van der Waals surface area contributed by atoms with Gasteiger partial charge in [-0.05, 0) is 89.9 Å². The van der Waals surface area contributed by atoms with Crippen LogP contribution in [0, 0.1) is 0 Å². The third-order valence-electron chi connectivity index (χ3n) is 15.4. The second-order valence-electron chi connectivity index (χ2n) is 22.8. The van der Waals surface area contributed by atoms with Crippen molar-refractivity contribution in [3.8, 4) is 0 Å². The lowest BCUT2D eigenvalue weighted by Crippen LogP contribution is -2.45. The van der Waals surface area contributed by atoms with E-state index in [0.717, 1.165) is 83.5 Å². The molecule has 1 amide bonds. The van der Waals surface area contributed by atoms with Crippen LogP contribution in [0.4, 0.5) is 0 Å². The lowest BCUT2D eigenvalue weighted by molar-refractivity contribution is -0.143. The zero-order valence-electron chi connectivity index (χ0n) is 49.8. The lowest BCUT2D eigenvalue weighted by Gasteiger charge is -2.22. The van der Waals surface area contributed by atoms with Crippen LogP contribution in [0.15, 0.2) is 36.5 Å². The topological polar surface area (TPSA) is 95.9 Å². The standard InChI is InChI=1S/C68H129NO5/c1-3-5-7-9-11-13-15-17-19-21-23-24-26-28-32-36-40-44-48-52-56-60-66(71)65(64-70)69-67(72)61-57-53-49-45-41-37-33-29-27-31-35-39-43-47-51-55-59-63-74-68(73)62-58-54-50-46-42-38-34-30-25-22-20-18-16-14-12-10-8-6-4-2/h18,20,27,31,39,43,65-66,70-71H,3-17,19,21-26,28-30,32-38,40-42,44-64H2,1-2H3,(H,69,72)/b20-18-,31-27-,43-39-. The molecule has 0 aliphatic heterocycles. The Kier molecular flexibility index (Phi) is 62.0. The number of esters is 1. The molecule has 0 radical (unpaired) electrons. The summed E-state index contributed by atoms with van der Waals surface area (Å²) < 4.78 is 5.48. The summed E-state index contributed by atoms with van der Waals surface area (Å²) in [5.41, 5.74) is 0. The van der Waals surface area contributed by atoms with Gasteiger partial charge >= 0.3 is 5.97 Å². The van der Waals surface area contributed by atoms with Crippen LogP contribution >= 0.6 is 0 Å². The van der Waals surface area contributed by atoms with E-state index in [1.54, 1.807) is 0 Å². The predicted molar refractivity (Wildman–Crippen MR) is 324 cm³/mol. The highest BCUT2D eigenvalue weighted by molar-refractivity contribution is 5.76. The minimum Gasteiger partial charge on any atom is -0.466 e. The number of rotatable bonds is 62. The average Bonchev–Trinajstić information content (AvgIpc) is 3.40. The van der Waals surface area contributed by atoms with Crippen LogP contribution in [-0.4, -0.2) is 47.4 Å². The molecule has 0 saturated carbocycles. The third kappa shape index (κ3) is 59.3. The first-order valence-electron chi connectivity index (χ1n) is 33.2. The molecular formula is C68H129NO5. The van der Waals surface area contributed by atoms with E-state index in [4.69, 9.17) is 4.74 Å². The van der Waals surface area contributed by atoms with Crippen LogP contribution < -0.4 is 5.32 Å². The number of hydrogen-bond acceptors (Lipinski definition) is 5. The van der Waals surface area contributed by atoms with Gasteiger partial charge in [0.25, 0.3) is 0 Å². The first kappa shape index (κ1) is 72.1. The summed E-state index contributed by atoms with van der Waals surface area (Å²) in [5.74, 6) is -0.0632. The summed E-state index contributed by atoms with van der Waals surface area (Å²) in [6.45, 7) is 4.93. The molecule has 0 fully saturated rings. The van der Waals surface area contributed by atoms with Gasteiger partial charge in [0, 0.05) is 12.8 Å². The number of nitrogens with one attached hydrogen (secondary N) is 1. The predicted octanol–water partition coefficient (Wildman–Crippen LogP) is 21.1. The smallest absolute Gasteiger partial charge is 0.305 e. The quantitative estimate of drug-likeness (QED) is 0.0320. The number of allylic oxidation sites excluding steroid dienone is 6. The SMILES string of the molecule is CCCCCCCC/C=C\CCCCCCCCCCCC(=O)OCCCCC/C=C\C/C=C\CCCCCCCCCC(=O)NC(CO)C(O)CCCCCCCCCCCCCCCCCCCCCCC. The number of ether oxygens (including phenoxy) is 1. The molecule has 436 valence electrons. The van der Waals surface area contributed by atoms with Crippen molar-refractivity contribution in [1.82, 2.24) is 5.32 Å². The molecule has 0 bridgehead atoms. The molecule has 0 aromatic heterocycles. The average molecular weight is 1040 g/mol. The summed E-state index contributed by atoms with van der Waals surface area (Å²) in [7, 11) is 0. The van der Waals surface area contributed by atoms with E-state index in [2.05, 4.69) is 55.6 Å². The fourth-order valence-electron chi connectivity index (χ4n) is 10.3. The van der Waals surface area contributed by atoms with Gasteiger partial charge in [0.05, 0.1) is 25.4 Å². The molecule has 0 saturated heterocycles. The van der Waals surface area contributed by atoms with Crippen molar-refractivity contribution in [2.45, 2.75) is 373 Å². The van der Waals surface area contributed by atoms with Crippen molar-refractivity contribution >= 4 is 11.9 Å². The molecule has 0 aliphatic rings. The van der Waals surface area contributed by atoms with Crippen molar-refractivity contribution in [2.24, 2.45) is 0 Å². The van der Waals surface area contributed by atoms with E-state index in [-0.39, 0.29) is 18.5 Å². The van der Waals surface area contributed by atoms with E-state index in [1.165, 1.54) is 244 Å². The molecule has 0 rings (SSSR count). The minimum absolute atomic E-state index is 0.0152. The Morgan fingerprint density at radius 1 is 0.378 bits per heavy atom. The maximum Gasteiger partial charge on any atom is 0.305 e. The maximum atomic E-state index is 12.5. The van der Waals surface area contributed by atoms with Gasteiger partial charge in [-0.3, -0.25) is 9.59 Å². The number of aliphatic hydroxyl groups excluding tert-OH is 2. The van der Waals surface area contributed by atoms with E-state index < -0.39 is 12.1 Å². The summed E-state index contributed by atoms with van der Waals surface area (Å²) in [6.07, 6.45) is 80.2. The van der Waals surface area contributed by atoms with Gasteiger partial charge in [0.15, 0.2) is 0 Å². The number of carbonyl (C=O) groups excluding carboxylic acids is 2. The summed E-state index contributed by atoms with van der Waals surface area (Å²) in [5, 5.41) is 23.4. The number of amides is 1. The van der Waals surface area contributed by atoms with Crippen LogP contribution in [0.5, 0.6) is 0 Å². The normalized spacial score (nSPS) is 12.8. The van der Waals surface area contributed by atoms with Gasteiger partial charge in [-0.2, -0.15) is 0 Å². The van der Waals surface area contributed by atoms with Crippen molar-refractivity contribution in [3.63, 3.8) is 0 Å². The third-order valence-corrected chi connectivity index (χ3v) is 15.4. The fraction of sp³-hybridized carbons (Fsp3) is 0.882. The summed E-state index contributed by atoms with van der Waals surface area (Å²) >= 11 is 0. The first-order valence-corrected chi connectivity index (χ1v) is 33.2. The second kappa shape index (κ2) is 63.6. The number of carbonyl (C=O) groups is 2. The van der Waals surface area contributed by atoms with E-state index >= 15 is 0 Å². The van der Waals surface area contributed by atoms with E-state index in [0.29, 0.717) is 25.9 Å². The molecule has 2 unspecified atom stereocenters.